The van der Waals surface area contributed by atoms with Crippen LogP contribution in [0.3, 0.4) is 0 Å². The van der Waals surface area contributed by atoms with Crippen LogP contribution in [0.1, 0.15) is 54.2 Å². The second-order valence-corrected chi connectivity index (χ2v) is 11.1. The van der Waals surface area contributed by atoms with E-state index in [4.69, 9.17) is 4.74 Å². The Labute approximate surface area is 255 Å². The molecule has 3 aromatic rings. The maximum absolute atomic E-state index is 14.2. The molecule has 5 rings (SSSR count). The van der Waals surface area contributed by atoms with Crippen LogP contribution in [0.5, 0.6) is 5.75 Å². The third-order valence-electron chi connectivity index (χ3n) is 8.24. The smallest absolute Gasteiger partial charge is 0.406 e. The van der Waals surface area contributed by atoms with Gasteiger partial charge >= 0.3 is 6.36 Å². The monoisotopic (exact) mass is 622 g/mol. The van der Waals surface area contributed by atoms with E-state index in [1.165, 1.54) is 18.2 Å². The Morgan fingerprint density at radius 1 is 1.16 bits per heavy atom. The standard InChI is InChI=1S/C31H37F3N4O4.ClH/c1-41-20-30(40)15-6-5-12-26(30)38-21-36-27(28(38)23-9-3-2-4-10-23)29(39)37-17-16-35-19-24(37)14-13-22-8-7-11-25(18-22)42-31(32,33)34;/h2-4,7-11,18,21,24,26,35,40H,5-6,12-17,19-20H2,1H3;1H/t24-,26-,30-;/m1./s1. The molecule has 8 nitrogen and oxygen atoms in total. The fourth-order valence-electron chi connectivity index (χ4n) is 6.31. The van der Waals surface area contributed by atoms with Gasteiger partial charge < -0.3 is 29.4 Å². The van der Waals surface area contributed by atoms with Crippen molar-refractivity contribution >= 4 is 18.3 Å². The second kappa shape index (κ2) is 14.1. The maximum Gasteiger partial charge on any atom is 0.573 e. The Balaban J connectivity index is 0.00000423. The van der Waals surface area contributed by atoms with Crippen molar-refractivity contribution in [2.24, 2.45) is 0 Å². The Bertz CT molecular complexity index is 1350. The van der Waals surface area contributed by atoms with Crippen molar-refractivity contribution in [2.45, 2.75) is 62.6 Å². The van der Waals surface area contributed by atoms with Crippen LogP contribution < -0.4 is 10.1 Å². The summed E-state index contributed by atoms with van der Waals surface area (Å²) in [4.78, 5) is 20.7. The number of rotatable bonds is 9. The molecule has 1 aromatic heterocycles. The van der Waals surface area contributed by atoms with Crippen LogP contribution in [-0.4, -0.2) is 76.8 Å². The first-order valence-corrected chi connectivity index (χ1v) is 14.4. The average Bonchev–Trinajstić information content (AvgIpc) is 3.41. The summed E-state index contributed by atoms with van der Waals surface area (Å²) in [6, 6.07) is 15.1. The van der Waals surface area contributed by atoms with Gasteiger partial charge in [-0.25, -0.2) is 4.98 Å². The predicted octanol–water partition coefficient (Wildman–Crippen LogP) is 5.41. The number of halogens is 4. The van der Waals surface area contributed by atoms with E-state index in [-0.39, 0.29) is 42.8 Å². The molecule has 2 aliphatic rings. The molecule has 1 aliphatic heterocycles. The molecule has 234 valence electrons. The van der Waals surface area contributed by atoms with Gasteiger partial charge in [-0.15, -0.1) is 25.6 Å². The number of carbonyl (C=O) groups is 1. The lowest BCUT2D eigenvalue weighted by atomic mass is 9.80. The summed E-state index contributed by atoms with van der Waals surface area (Å²) >= 11 is 0. The Morgan fingerprint density at radius 2 is 1.95 bits per heavy atom. The summed E-state index contributed by atoms with van der Waals surface area (Å²) in [5.74, 6) is -0.469. The molecule has 1 saturated heterocycles. The number of aryl methyl sites for hydroxylation is 1. The van der Waals surface area contributed by atoms with Crippen LogP contribution in [0.15, 0.2) is 60.9 Å². The normalized spacial score (nSPS) is 22.6. The first kappa shape index (κ1) is 32.8. The summed E-state index contributed by atoms with van der Waals surface area (Å²) in [5, 5.41) is 14.9. The minimum atomic E-state index is -4.76. The van der Waals surface area contributed by atoms with Gasteiger partial charge in [-0.1, -0.05) is 55.3 Å². The number of imidazole rings is 1. The zero-order valence-corrected chi connectivity index (χ0v) is 24.9. The Morgan fingerprint density at radius 3 is 2.70 bits per heavy atom. The third kappa shape index (κ3) is 7.70. The molecule has 3 atom stereocenters. The number of methoxy groups -OCH3 is 1. The van der Waals surface area contributed by atoms with Gasteiger partial charge in [-0.3, -0.25) is 4.79 Å². The lowest BCUT2D eigenvalue weighted by molar-refractivity contribution is -0.274. The highest BCUT2D eigenvalue weighted by molar-refractivity contribution is 5.98. The summed E-state index contributed by atoms with van der Waals surface area (Å²) in [6.07, 6.45) is 1.09. The van der Waals surface area contributed by atoms with E-state index >= 15 is 0 Å². The molecule has 43 heavy (non-hydrogen) atoms. The molecule has 0 radical (unpaired) electrons. The Hall–Kier alpha value is -3.12. The van der Waals surface area contributed by atoms with Crippen molar-refractivity contribution in [3.63, 3.8) is 0 Å². The first-order chi connectivity index (χ1) is 20.2. The lowest BCUT2D eigenvalue weighted by Crippen LogP contribution is -2.54. The number of piperazine rings is 1. The molecule has 0 spiro atoms. The first-order valence-electron chi connectivity index (χ1n) is 14.4. The van der Waals surface area contributed by atoms with Crippen molar-refractivity contribution in [3.05, 3.63) is 72.2 Å². The highest BCUT2D eigenvalue weighted by atomic mass is 35.5. The van der Waals surface area contributed by atoms with Crippen molar-refractivity contribution in [1.29, 1.82) is 0 Å². The van der Waals surface area contributed by atoms with Gasteiger partial charge in [0.15, 0.2) is 5.69 Å². The zero-order chi connectivity index (χ0) is 29.7. The number of carbonyl (C=O) groups excluding carboxylic acids is 1. The Kier molecular flexibility index (Phi) is 10.8. The molecule has 2 fully saturated rings. The van der Waals surface area contributed by atoms with Crippen LogP contribution in [0.2, 0.25) is 0 Å². The van der Waals surface area contributed by atoms with Gasteiger partial charge in [0.2, 0.25) is 0 Å². The van der Waals surface area contributed by atoms with Gasteiger partial charge in [0.05, 0.1) is 24.7 Å². The lowest BCUT2D eigenvalue weighted by Gasteiger charge is -2.41. The van der Waals surface area contributed by atoms with E-state index in [0.717, 1.165) is 24.8 Å². The van der Waals surface area contributed by atoms with E-state index in [1.807, 2.05) is 39.8 Å². The summed E-state index contributed by atoms with van der Waals surface area (Å²) in [5.41, 5.74) is 1.42. The summed E-state index contributed by atoms with van der Waals surface area (Å²) in [6.45, 7) is 1.83. The minimum Gasteiger partial charge on any atom is -0.406 e. The number of hydrogen-bond donors (Lipinski definition) is 2. The van der Waals surface area contributed by atoms with Crippen LogP contribution in [-0.2, 0) is 11.2 Å². The average molecular weight is 623 g/mol. The number of nitrogens with one attached hydrogen (secondary N) is 1. The summed E-state index contributed by atoms with van der Waals surface area (Å²) < 4.78 is 49.6. The molecule has 2 N–H and O–H groups in total. The fraction of sp³-hybridized carbons (Fsp3) is 0.484. The number of nitrogens with zero attached hydrogens (tertiary/aromatic N) is 3. The number of benzene rings is 2. The fourth-order valence-corrected chi connectivity index (χ4v) is 6.31. The SMILES string of the molecule is COC[C@]1(O)CCCC[C@H]1n1cnc(C(=O)N2CCNC[C@H]2CCc2cccc(OC(F)(F)F)c2)c1-c1ccccc1.Cl. The number of aliphatic hydroxyl groups is 1. The van der Waals surface area contributed by atoms with Gasteiger partial charge in [0.25, 0.3) is 5.91 Å². The van der Waals surface area contributed by atoms with Gasteiger partial charge in [0.1, 0.15) is 11.4 Å². The molecule has 1 saturated carbocycles. The number of ether oxygens (including phenoxy) is 2. The van der Waals surface area contributed by atoms with E-state index in [2.05, 4.69) is 15.0 Å². The molecule has 2 aromatic carbocycles. The van der Waals surface area contributed by atoms with Crippen molar-refractivity contribution in [2.75, 3.05) is 33.4 Å². The van der Waals surface area contributed by atoms with Crippen molar-refractivity contribution < 1.29 is 32.5 Å². The minimum absolute atomic E-state index is 0. The number of amides is 1. The number of alkyl halides is 3. The molecule has 0 unspecified atom stereocenters. The second-order valence-electron chi connectivity index (χ2n) is 11.1. The topological polar surface area (TPSA) is 88.8 Å². The summed E-state index contributed by atoms with van der Waals surface area (Å²) in [7, 11) is 1.58. The van der Waals surface area contributed by atoms with Crippen LogP contribution in [0.25, 0.3) is 11.3 Å². The van der Waals surface area contributed by atoms with Gasteiger partial charge in [-0.2, -0.15) is 0 Å². The number of aromatic nitrogens is 2. The maximum atomic E-state index is 14.2. The zero-order valence-electron chi connectivity index (χ0n) is 24.1. The molecule has 2 heterocycles. The van der Waals surface area contributed by atoms with Crippen LogP contribution in [0, 0.1) is 0 Å². The van der Waals surface area contributed by atoms with E-state index < -0.39 is 12.0 Å². The molecule has 12 heteroatoms. The molecule has 1 amide bonds. The predicted molar refractivity (Wildman–Crippen MR) is 158 cm³/mol. The van der Waals surface area contributed by atoms with E-state index in [1.54, 1.807) is 19.5 Å². The van der Waals surface area contributed by atoms with E-state index in [0.29, 0.717) is 55.8 Å². The third-order valence-corrected chi connectivity index (χ3v) is 8.24. The van der Waals surface area contributed by atoms with Crippen molar-refractivity contribution in [3.8, 4) is 17.0 Å². The molecule has 0 bridgehead atoms. The van der Waals surface area contributed by atoms with E-state index in [9.17, 15) is 23.1 Å². The quantitative estimate of drug-likeness (QED) is 0.332. The van der Waals surface area contributed by atoms with Gasteiger partial charge in [-0.05, 0) is 43.4 Å². The highest BCUT2D eigenvalue weighted by Crippen LogP contribution is 2.41. The molecular weight excluding hydrogens is 585 g/mol. The van der Waals surface area contributed by atoms with Gasteiger partial charge in [0, 0.05) is 38.3 Å². The van der Waals surface area contributed by atoms with Crippen LogP contribution >= 0.6 is 12.4 Å². The highest BCUT2D eigenvalue weighted by Gasteiger charge is 2.42. The van der Waals surface area contributed by atoms with Crippen LogP contribution in [0.4, 0.5) is 13.2 Å². The molecule has 1 aliphatic carbocycles. The molecular formula is C31H38ClF3N4O4. The van der Waals surface area contributed by atoms with Crippen molar-refractivity contribution in [1.82, 2.24) is 19.8 Å². The number of hydrogen-bond acceptors (Lipinski definition) is 6. The largest absolute Gasteiger partial charge is 0.573 e.